The normalized spacial score (nSPS) is 14.8. The molecule has 0 aromatic heterocycles. The summed E-state index contributed by atoms with van der Waals surface area (Å²) in [4.78, 5) is 23.1. The third-order valence-corrected chi connectivity index (χ3v) is 2.73. The van der Waals surface area contributed by atoms with Crippen LogP contribution in [0.2, 0.25) is 0 Å². The second-order valence-electron chi connectivity index (χ2n) is 5.75. The van der Waals surface area contributed by atoms with Gasteiger partial charge >= 0.3 is 0 Å². The molecule has 4 N–H and O–H groups in total. The van der Waals surface area contributed by atoms with Crippen LogP contribution in [0, 0.1) is 5.92 Å². The molecular formula is C13H27N3O2. The van der Waals surface area contributed by atoms with Crippen LogP contribution in [-0.4, -0.2) is 29.9 Å². The highest BCUT2D eigenvalue weighted by Gasteiger charge is 2.19. The zero-order chi connectivity index (χ0) is 14.3. The van der Waals surface area contributed by atoms with Gasteiger partial charge in [-0.05, 0) is 26.7 Å². The Morgan fingerprint density at radius 1 is 1.28 bits per heavy atom. The molecule has 0 fully saturated rings. The maximum atomic E-state index is 11.6. The van der Waals surface area contributed by atoms with Gasteiger partial charge < -0.3 is 16.4 Å². The van der Waals surface area contributed by atoms with Gasteiger partial charge in [0.25, 0.3) is 0 Å². The van der Waals surface area contributed by atoms with Crippen LogP contribution >= 0.6 is 0 Å². The molecule has 0 radical (unpaired) electrons. The molecule has 0 bridgehead atoms. The van der Waals surface area contributed by atoms with Crippen LogP contribution in [0.1, 0.15) is 47.5 Å². The SMILES string of the molecule is CCC(C)C(N)C(=O)NCCC(=O)NC(C)(C)C. The van der Waals surface area contributed by atoms with E-state index in [0.717, 1.165) is 6.42 Å². The van der Waals surface area contributed by atoms with Gasteiger partial charge in [0, 0.05) is 18.5 Å². The molecule has 0 aliphatic carbocycles. The molecule has 5 heteroatoms. The minimum atomic E-state index is -0.499. The zero-order valence-electron chi connectivity index (χ0n) is 12.2. The highest BCUT2D eigenvalue weighted by molar-refractivity contribution is 5.82. The summed E-state index contributed by atoms with van der Waals surface area (Å²) in [5, 5.41) is 5.52. The van der Waals surface area contributed by atoms with Crippen molar-refractivity contribution in [2.45, 2.75) is 59.0 Å². The summed E-state index contributed by atoms with van der Waals surface area (Å²) >= 11 is 0. The Balaban J connectivity index is 3.91. The first-order valence-electron chi connectivity index (χ1n) is 6.51. The van der Waals surface area contributed by atoms with Gasteiger partial charge in [-0.1, -0.05) is 20.3 Å². The maximum Gasteiger partial charge on any atom is 0.237 e. The van der Waals surface area contributed by atoms with E-state index in [-0.39, 0.29) is 29.7 Å². The smallest absolute Gasteiger partial charge is 0.237 e. The molecule has 0 aliphatic rings. The van der Waals surface area contributed by atoms with Crippen molar-refractivity contribution in [3.8, 4) is 0 Å². The molecule has 0 aliphatic heterocycles. The third kappa shape index (κ3) is 7.27. The molecule has 0 saturated carbocycles. The number of rotatable bonds is 6. The third-order valence-electron chi connectivity index (χ3n) is 2.73. The van der Waals surface area contributed by atoms with Gasteiger partial charge in [-0.2, -0.15) is 0 Å². The number of nitrogens with two attached hydrogens (primary N) is 1. The summed E-state index contributed by atoms with van der Waals surface area (Å²) < 4.78 is 0. The molecule has 106 valence electrons. The lowest BCUT2D eigenvalue weighted by Crippen LogP contribution is -2.46. The lowest BCUT2D eigenvalue weighted by molar-refractivity contribution is -0.124. The zero-order valence-corrected chi connectivity index (χ0v) is 12.2. The summed E-state index contributed by atoms with van der Waals surface area (Å²) in [5.74, 6) is -0.110. The number of nitrogens with one attached hydrogen (secondary N) is 2. The largest absolute Gasteiger partial charge is 0.354 e. The molecule has 0 saturated heterocycles. The van der Waals surface area contributed by atoms with Crippen molar-refractivity contribution in [1.29, 1.82) is 0 Å². The monoisotopic (exact) mass is 257 g/mol. The van der Waals surface area contributed by atoms with E-state index in [1.165, 1.54) is 0 Å². The van der Waals surface area contributed by atoms with E-state index in [4.69, 9.17) is 5.73 Å². The van der Waals surface area contributed by atoms with Gasteiger partial charge in [-0.15, -0.1) is 0 Å². The fraction of sp³-hybridized carbons (Fsp3) is 0.846. The van der Waals surface area contributed by atoms with Crippen LogP contribution in [0.25, 0.3) is 0 Å². The number of carbonyl (C=O) groups is 2. The van der Waals surface area contributed by atoms with Crippen LogP contribution in [-0.2, 0) is 9.59 Å². The van der Waals surface area contributed by atoms with Gasteiger partial charge in [0.2, 0.25) is 11.8 Å². The second-order valence-corrected chi connectivity index (χ2v) is 5.75. The van der Waals surface area contributed by atoms with Crippen molar-refractivity contribution in [3.63, 3.8) is 0 Å². The minimum Gasteiger partial charge on any atom is -0.354 e. The van der Waals surface area contributed by atoms with Crippen molar-refractivity contribution >= 4 is 11.8 Å². The van der Waals surface area contributed by atoms with Crippen molar-refractivity contribution in [3.05, 3.63) is 0 Å². The summed E-state index contributed by atoms with van der Waals surface area (Å²) in [6, 6.07) is -0.499. The van der Waals surface area contributed by atoms with Crippen molar-refractivity contribution in [1.82, 2.24) is 10.6 Å². The number of amides is 2. The molecule has 2 amide bonds. The molecule has 2 atom stereocenters. The molecule has 2 unspecified atom stereocenters. The second kappa shape index (κ2) is 7.36. The van der Waals surface area contributed by atoms with Crippen LogP contribution < -0.4 is 16.4 Å². The summed E-state index contributed by atoms with van der Waals surface area (Å²) in [6.45, 7) is 10.0. The van der Waals surface area contributed by atoms with Crippen molar-refractivity contribution < 1.29 is 9.59 Å². The number of carbonyl (C=O) groups excluding carboxylic acids is 2. The molecule has 5 nitrogen and oxygen atoms in total. The van der Waals surface area contributed by atoms with Gasteiger partial charge in [0.05, 0.1) is 6.04 Å². The van der Waals surface area contributed by atoms with E-state index in [0.29, 0.717) is 6.54 Å². The average Bonchev–Trinajstić information content (AvgIpc) is 2.24. The Labute approximate surface area is 110 Å². The maximum absolute atomic E-state index is 11.6. The summed E-state index contributed by atoms with van der Waals surface area (Å²) in [6.07, 6.45) is 1.13. The van der Waals surface area contributed by atoms with Gasteiger partial charge in [-0.3, -0.25) is 9.59 Å². The topological polar surface area (TPSA) is 84.2 Å². The molecule has 0 aromatic rings. The van der Waals surface area contributed by atoms with Crippen LogP contribution in [0.3, 0.4) is 0 Å². The highest BCUT2D eigenvalue weighted by Crippen LogP contribution is 2.05. The van der Waals surface area contributed by atoms with E-state index in [1.807, 2.05) is 34.6 Å². The highest BCUT2D eigenvalue weighted by atomic mass is 16.2. The van der Waals surface area contributed by atoms with Gasteiger partial charge in [0.1, 0.15) is 0 Å². The predicted octanol–water partition coefficient (Wildman–Crippen LogP) is 0.781. The van der Waals surface area contributed by atoms with E-state index in [9.17, 15) is 9.59 Å². The Hall–Kier alpha value is -1.10. The van der Waals surface area contributed by atoms with E-state index < -0.39 is 6.04 Å². The van der Waals surface area contributed by atoms with Gasteiger partial charge in [0.15, 0.2) is 0 Å². The quantitative estimate of drug-likeness (QED) is 0.657. The van der Waals surface area contributed by atoms with E-state index in [2.05, 4.69) is 10.6 Å². The summed E-state index contributed by atoms with van der Waals surface area (Å²) in [5.41, 5.74) is 5.54. The molecule has 0 spiro atoms. The Morgan fingerprint density at radius 3 is 2.28 bits per heavy atom. The number of hydrogen-bond donors (Lipinski definition) is 3. The van der Waals surface area contributed by atoms with Crippen molar-refractivity contribution in [2.24, 2.45) is 11.7 Å². The first kappa shape index (κ1) is 16.9. The van der Waals surface area contributed by atoms with Crippen LogP contribution in [0.15, 0.2) is 0 Å². The van der Waals surface area contributed by atoms with Gasteiger partial charge in [-0.25, -0.2) is 0 Å². The van der Waals surface area contributed by atoms with Crippen LogP contribution in [0.5, 0.6) is 0 Å². The molecule has 0 heterocycles. The average molecular weight is 257 g/mol. The fourth-order valence-electron chi connectivity index (χ4n) is 1.41. The summed E-state index contributed by atoms with van der Waals surface area (Å²) in [7, 11) is 0. The predicted molar refractivity (Wildman–Crippen MR) is 73.0 cm³/mol. The first-order chi connectivity index (χ1) is 8.17. The van der Waals surface area contributed by atoms with E-state index >= 15 is 0 Å². The Kier molecular flexibility index (Phi) is 6.91. The molecule has 18 heavy (non-hydrogen) atoms. The molecule has 0 aromatic carbocycles. The lowest BCUT2D eigenvalue weighted by atomic mass is 9.99. The number of hydrogen-bond acceptors (Lipinski definition) is 3. The van der Waals surface area contributed by atoms with Crippen molar-refractivity contribution in [2.75, 3.05) is 6.54 Å². The molecular weight excluding hydrogens is 230 g/mol. The minimum absolute atomic E-state index is 0.0695. The standard InChI is InChI=1S/C13H27N3O2/c1-6-9(2)11(14)12(18)15-8-7-10(17)16-13(3,4)5/h9,11H,6-8,14H2,1-5H3,(H,15,18)(H,16,17). The first-order valence-corrected chi connectivity index (χ1v) is 6.51. The lowest BCUT2D eigenvalue weighted by Gasteiger charge is -2.21. The van der Waals surface area contributed by atoms with E-state index in [1.54, 1.807) is 0 Å². The molecule has 0 rings (SSSR count). The Morgan fingerprint density at radius 2 is 1.83 bits per heavy atom. The fourth-order valence-corrected chi connectivity index (χ4v) is 1.41. The van der Waals surface area contributed by atoms with Crippen LogP contribution in [0.4, 0.5) is 0 Å². The Bertz CT molecular complexity index is 284.